The molecular weight excluding hydrogens is 294 g/mol. The second kappa shape index (κ2) is 7.78. The summed E-state index contributed by atoms with van der Waals surface area (Å²) in [6.45, 7) is 1.33. The molecule has 0 fully saturated rings. The fourth-order valence-corrected chi connectivity index (χ4v) is 2.88. The minimum atomic E-state index is -3.73. The molecule has 0 heterocycles. The summed E-state index contributed by atoms with van der Waals surface area (Å²) in [7, 11) is -2.49. The highest BCUT2D eigenvalue weighted by atomic mass is 32.2. The van der Waals surface area contributed by atoms with Crippen LogP contribution in [0.1, 0.15) is 17.5 Å². The van der Waals surface area contributed by atoms with Crippen molar-refractivity contribution >= 4 is 16.0 Å². The first-order valence-corrected chi connectivity index (χ1v) is 7.66. The molecule has 0 saturated carbocycles. The van der Waals surface area contributed by atoms with Gasteiger partial charge in [0.2, 0.25) is 10.0 Å². The Bertz CT molecular complexity index is 670. The molecule has 0 aliphatic carbocycles. The highest BCUT2D eigenvalue weighted by Crippen LogP contribution is 2.16. The van der Waals surface area contributed by atoms with Crippen molar-refractivity contribution in [1.82, 2.24) is 4.72 Å². The zero-order chi connectivity index (χ0) is 15.9. The number of nitrogens with one attached hydrogen (secondary N) is 1. The van der Waals surface area contributed by atoms with Crippen molar-refractivity contribution in [3.05, 3.63) is 29.3 Å². The van der Waals surface area contributed by atoms with Crippen molar-refractivity contribution in [2.24, 2.45) is 0 Å². The number of sulfonamides is 1. The molecule has 0 aliphatic heterocycles. The SMILES string of the molecule is COC(=O)CCNS(=O)(=O)c1cc(C#CCO)ccc1C. The van der Waals surface area contributed by atoms with Gasteiger partial charge in [-0.3, -0.25) is 4.79 Å². The number of aliphatic hydroxyl groups excluding tert-OH is 1. The van der Waals surface area contributed by atoms with Crippen LogP contribution < -0.4 is 4.72 Å². The fraction of sp³-hybridized carbons (Fsp3) is 0.357. The van der Waals surface area contributed by atoms with E-state index < -0.39 is 16.0 Å². The topological polar surface area (TPSA) is 92.7 Å². The third kappa shape index (κ3) is 5.19. The number of benzene rings is 1. The van der Waals surface area contributed by atoms with Crippen molar-refractivity contribution in [3.63, 3.8) is 0 Å². The molecular formula is C14H17NO5S. The summed E-state index contributed by atoms with van der Waals surface area (Å²) < 4.78 is 31.2. The van der Waals surface area contributed by atoms with Gasteiger partial charge >= 0.3 is 5.97 Å². The average Bonchev–Trinajstić information content (AvgIpc) is 2.45. The Kier molecular flexibility index (Phi) is 6.37. The lowest BCUT2D eigenvalue weighted by molar-refractivity contribution is -0.140. The van der Waals surface area contributed by atoms with E-state index in [1.54, 1.807) is 19.1 Å². The normalized spacial score (nSPS) is 10.6. The van der Waals surface area contributed by atoms with Gasteiger partial charge in [-0.05, 0) is 24.6 Å². The van der Waals surface area contributed by atoms with Crippen LogP contribution in [-0.2, 0) is 19.6 Å². The monoisotopic (exact) mass is 311 g/mol. The second-order valence-corrected chi connectivity index (χ2v) is 5.90. The molecule has 21 heavy (non-hydrogen) atoms. The zero-order valence-corrected chi connectivity index (χ0v) is 12.7. The summed E-state index contributed by atoms with van der Waals surface area (Å²) in [5, 5.41) is 8.65. The maximum Gasteiger partial charge on any atom is 0.306 e. The molecule has 0 unspecified atom stereocenters. The maximum atomic E-state index is 12.2. The lowest BCUT2D eigenvalue weighted by atomic mass is 10.1. The molecule has 1 aromatic carbocycles. The van der Waals surface area contributed by atoms with E-state index in [2.05, 4.69) is 21.3 Å². The summed E-state index contributed by atoms with van der Waals surface area (Å²) in [5.74, 6) is 4.62. The van der Waals surface area contributed by atoms with Crippen molar-refractivity contribution in [1.29, 1.82) is 0 Å². The predicted molar refractivity (Wildman–Crippen MR) is 77.0 cm³/mol. The number of carbonyl (C=O) groups is 1. The van der Waals surface area contributed by atoms with Crippen LogP contribution in [0.5, 0.6) is 0 Å². The first kappa shape index (κ1) is 17.2. The summed E-state index contributed by atoms with van der Waals surface area (Å²) in [4.78, 5) is 11.1. The van der Waals surface area contributed by atoms with Crippen LogP contribution in [0.25, 0.3) is 0 Å². The van der Waals surface area contributed by atoms with Crippen LogP contribution in [0.4, 0.5) is 0 Å². The molecule has 0 atom stereocenters. The first-order valence-electron chi connectivity index (χ1n) is 6.17. The average molecular weight is 311 g/mol. The minimum absolute atomic E-state index is 0.0407. The smallest absolute Gasteiger partial charge is 0.306 e. The highest BCUT2D eigenvalue weighted by molar-refractivity contribution is 7.89. The van der Waals surface area contributed by atoms with Crippen LogP contribution >= 0.6 is 0 Å². The van der Waals surface area contributed by atoms with Crippen LogP contribution in [0.2, 0.25) is 0 Å². The second-order valence-electron chi connectivity index (χ2n) is 4.16. The molecule has 114 valence electrons. The molecule has 0 radical (unpaired) electrons. The number of ether oxygens (including phenoxy) is 1. The van der Waals surface area contributed by atoms with Gasteiger partial charge in [0, 0.05) is 12.1 Å². The standard InChI is InChI=1S/C14H17NO5S/c1-11-5-6-12(4-3-9-16)10-13(11)21(18,19)15-8-7-14(17)20-2/h5-6,10,15-16H,7-9H2,1-2H3. The Morgan fingerprint density at radius 2 is 2.14 bits per heavy atom. The van der Waals surface area contributed by atoms with Gasteiger partial charge in [0.15, 0.2) is 0 Å². The third-order valence-electron chi connectivity index (χ3n) is 2.64. The summed E-state index contributed by atoms with van der Waals surface area (Å²) >= 11 is 0. The number of methoxy groups -OCH3 is 1. The molecule has 1 rings (SSSR count). The van der Waals surface area contributed by atoms with Gasteiger partial charge in [-0.1, -0.05) is 17.9 Å². The molecule has 6 nitrogen and oxygen atoms in total. The van der Waals surface area contributed by atoms with E-state index in [0.717, 1.165) is 0 Å². The van der Waals surface area contributed by atoms with E-state index in [4.69, 9.17) is 5.11 Å². The van der Waals surface area contributed by atoms with Gasteiger partial charge in [0.25, 0.3) is 0 Å². The van der Waals surface area contributed by atoms with Gasteiger partial charge < -0.3 is 9.84 Å². The van der Waals surface area contributed by atoms with E-state index in [9.17, 15) is 13.2 Å². The van der Waals surface area contributed by atoms with Crippen LogP contribution in [0.15, 0.2) is 23.1 Å². The largest absolute Gasteiger partial charge is 0.469 e. The molecule has 1 aromatic rings. The highest BCUT2D eigenvalue weighted by Gasteiger charge is 2.17. The van der Waals surface area contributed by atoms with Crippen LogP contribution in [-0.4, -0.2) is 39.8 Å². The van der Waals surface area contributed by atoms with E-state index >= 15 is 0 Å². The molecule has 0 aromatic heterocycles. The lowest BCUT2D eigenvalue weighted by Crippen LogP contribution is -2.27. The molecule has 2 N–H and O–H groups in total. The van der Waals surface area contributed by atoms with Crippen molar-refractivity contribution < 1.29 is 23.1 Å². The van der Waals surface area contributed by atoms with Crippen molar-refractivity contribution in [2.45, 2.75) is 18.2 Å². The summed E-state index contributed by atoms with van der Waals surface area (Å²) in [6.07, 6.45) is -0.0429. The molecule has 0 aliphatic rings. The van der Waals surface area contributed by atoms with Gasteiger partial charge in [0.1, 0.15) is 6.61 Å². The van der Waals surface area contributed by atoms with Gasteiger partial charge in [-0.25, -0.2) is 13.1 Å². The molecule has 0 bridgehead atoms. The quantitative estimate of drug-likeness (QED) is 0.598. The Labute approximate surface area is 124 Å². The fourth-order valence-electron chi connectivity index (χ4n) is 1.58. The minimum Gasteiger partial charge on any atom is -0.469 e. The van der Waals surface area contributed by atoms with E-state index in [-0.39, 0.29) is 24.5 Å². The predicted octanol–water partition coefficient (Wildman–Crippen LogP) is 0.180. The lowest BCUT2D eigenvalue weighted by Gasteiger charge is -2.09. The van der Waals surface area contributed by atoms with Gasteiger partial charge in [-0.15, -0.1) is 0 Å². The van der Waals surface area contributed by atoms with E-state index in [0.29, 0.717) is 11.1 Å². The number of hydrogen-bond acceptors (Lipinski definition) is 5. The van der Waals surface area contributed by atoms with Gasteiger partial charge in [0.05, 0.1) is 18.4 Å². The number of esters is 1. The van der Waals surface area contributed by atoms with Crippen LogP contribution in [0, 0.1) is 18.8 Å². The first-order chi connectivity index (χ1) is 9.90. The van der Waals surface area contributed by atoms with Crippen molar-refractivity contribution in [3.8, 4) is 11.8 Å². The summed E-state index contributed by atoms with van der Waals surface area (Å²) in [6, 6.07) is 4.74. The molecule has 7 heteroatoms. The van der Waals surface area contributed by atoms with Crippen LogP contribution in [0.3, 0.4) is 0 Å². The maximum absolute atomic E-state index is 12.2. The van der Waals surface area contributed by atoms with Gasteiger partial charge in [-0.2, -0.15) is 0 Å². The number of carbonyl (C=O) groups excluding carboxylic acids is 1. The Morgan fingerprint density at radius 3 is 2.76 bits per heavy atom. The number of rotatable bonds is 5. The number of aliphatic hydroxyl groups is 1. The molecule has 0 spiro atoms. The Balaban J connectivity index is 2.94. The Morgan fingerprint density at radius 1 is 1.43 bits per heavy atom. The zero-order valence-electron chi connectivity index (χ0n) is 11.8. The van der Waals surface area contributed by atoms with E-state index in [1.807, 2.05) is 0 Å². The number of hydrogen-bond donors (Lipinski definition) is 2. The van der Waals surface area contributed by atoms with Crippen molar-refractivity contribution in [2.75, 3.05) is 20.3 Å². The van der Waals surface area contributed by atoms with E-state index in [1.165, 1.54) is 13.2 Å². The molecule has 0 amide bonds. The third-order valence-corrected chi connectivity index (χ3v) is 4.24. The molecule has 0 saturated heterocycles. The number of aryl methyl sites for hydroxylation is 1. The Hall–Kier alpha value is -1.88. The summed E-state index contributed by atoms with van der Waals surface area (Å²) in [5.41, 5.74) is 1.05.